The average Bonchev–Trinajstić information content (AvgIpc) is 2.44. The van der Waals surface area contributed by atoms with Crippen LogP contribution in [0.2, 0.25) is 0 Å². The molecule has 1 aliphatic heterocycles. The van der Waals surface area contributed by atoms with Gasteiger partial charge < -0.3 is 15.7 Å². The number of hydrogen-bond donors (Lipinski definition) is 2. The molecule has 2 rings (SSSR count). The number of nitrogen functional groups attached to an aromatic ring is 1. The van der Waals surface area contributed by atoms with Crippen molar-refractivity contribution in [2.75, 3.05) is 23.7 Å². The molecular formula is C13H21N3O. The number of aliphatic hydroxyl groups is 1. The van der Waals surface area contributed by atoms with E-state index in [0.717, 1.165) is 49.4 Å². The van der Waals surface area contributed by atoms with Crippen LogP contribution in [-0.2, 0) is 0 Å². The first-order valence-corrected chi connectivity index (χ1v) is 6.18. The smallest absolute Gasteiger partial charge is 0.152 e. The Morgan fingerprint density at radius 1 is 1.41 bits per heavy atom. The maximum atomic E-state index is 10.1. The van der Waals surface area contributed by atoms with E-state index in [2.05, 4.69) is 9.88 Å². The van der Waals surface area contributed by atoms with Crippen molar-refractivity contribution in [3.05, 3.63) is 17.8 Å². The number of pyridine rings is 1. The Morgan fingerprint density at radius 3 is 2.94 bits per heavy atom. The summed E-state index contributed by atoms with van der Waals surface area (Å²) >= 11 is 0. The fourth-order valence-corrected chi connectivity index (χ4v) is 2.28. The quantitative estimate of drug-likeness (QED) is 0.778. The molecule has 0 saturated carbocycles. The molecule has 1 fully saturated rings. The summed E-state index contributed by atoms with van der Waals surface area (Å²) in [5.41, 5.74) is 7.34. The van der Waals surface area contributed by atoms with E-state index in [1.807, 2.05) is 19.9 Å². The molecule has 1 unspecified atom stereocenters. The molecule has 1 aromatic rings. The zero-order chi connectivity index (χ0) is 12.5. The van der Waals surface area contributed by atoms with Gasteiger partial charge in [0, 0.05) is 19.3 Å². The molecule has 4 nitrogen and oxygen atoms in total. The maximum absolute atomic E-state index is 10.1. The average molecular weight is 235 g/mol. The minimum Gasteiger partial charge on any atom is -0.396 e. The monoisotopic (exact) mass is 235 g/mol. The van der Waals surface area contributed by atoms with Crippen LogP contribution >= 0.6 is 0 Å². The van der Waals surface area contributed by atoms with Crippen LogP contribution in [0.4, 0.5) is 11.5 Å². The fraction of sp³-hybridized carbons (Fsp3) is 0.615. The largest absolute Gasteiger partial charge is 0.396 e. The second-order valence-corrected chi connectivity index (χ2v) is 5.20. The predicted octanol–water partition coefficient (Wildman–Crippen LogP) is 1.71. The summed E-state index contributed by atoms with van der Waals surface area (Å²) in [7, 11) is 0. The van der Waals surface area contributed by atoms with Crippen molar-refractivity contribution >= 4 is 11.5 Å². The highest BCUT2D eigenvalue weighted by molar-refractivity contribution is 5.66. The summed E-state index contributed by atoms with van der Waals surface area (Å²) in [6.07, 6.45) is 4.38. The number of rotatable bonds is 1. The minimum absolute atomic E-state index is 0.548. The van der Waals surface area contributed by atoms with Crippen molar-refractivity contribution in [2.24, 2.45) is 0 Å². The SMILES string of the molecule is Cc1ccnc(N2CCCC(C)(O)CC2)c1N. The first kappa shape index (κ1) is 12.2. The van der Waals surface area contributed by atoms with Gasteiger partial charge in [0.2, 0.25) is 0 Å². The van der Waals surface area contributed by atoms with Gasteiger partial charge in [-0.2, -0.15) is 0 Å². The summed E-state index contributed by atoms with van der Waals surface area (Å²) < 4.78 is 0. The molecular weight excluding hydrogens is 214 g/mol. The normalized spacial score (nSPS) is 25.7. The van der Waals surface area contributed by atoms with Gasteiger partial charge in [0.15, 0.2) is 5.82 Å². The fourth-order valence-electron chi connectivity index (χ4n) is 2.28. The van der Waals surface area contributed by atoms with Gasteiger partial charge in [-0.3, -0.25) is 0 Å². The highest BCUT2D eigenvalue weighted by atomic mass is 16.3. The van der Waals surface area contributed by atoms with Crippen molar-refractivity contribution in [1.82, 2.24) is 4.98 Å². The number of nitrogens with two attached hydrogens (primary N) is 1. The van der Waals surface area contributed by atoms with Gasteiger partial charge in [-0.25, -0.2) is 4.98 Å². The lowest BCUT2D eigenvalue weighted by Gasteiger charge is -2.24. The van der Waals surface area contributed by atoms with E-state index in [0.29, 0.717) is 0 Å². The molecule has 2 heterocycles. The predicted molar refractivity (Wildman–Crippen MR) is 70.1 cm³/mol. The minimum atomic E-state index is -0.548. The maximum Gasteiger partial charge on any atom is 0.152 e. The molecule has 0 aliphatic carbocycles. The van der Waals surface area contributed by atoms with Crippen LogP contribution in [0.25, 0.3) is 0 Å². The number of hydrogen-bond acceptors (Lipinski definition) is 4. The zero-order valence-electron chi connectivity index (χ0n) is 10.6. The molecule has 0 bridgehead atoms. The van der Waals surface area contributed by atoms with E-state index in [4.69, 9.17) is 5.73 Å². The Kier molecular flexibility index (Phi) is 3.24. The Bertz CT molecular complexity index is 404. The van der Waals surface area contributed by atoms with Gasteiger partial charge in [0.1, 0.15) is 0 Å². The molecule has 1 saturated heterocycles. The number of aromatic nitrogens is 1. The molecule has 0 spiro atoms. The molecule has 1 aliphatic rings. The van der Waals surface area contributed by atoms with E-state index in [9.17, 15) is 5.11 Å². The van der Waals surface area contributed by atoms with Gasteiger partial charge in [0.05, 0.1) is 11.3 Å². The topological polar surface area (TPSA) is 62.4 Å². The summed E-state index contributed by atoms with van der Waals surface area (Å²) in [4.78, 5) is 6.56. The third kappa shape index (κ3) is 2.69. The lowest BCUT2D eigenvalue weighted by atomic mass is 9.98. The van der Waals surface area contributed by atoms with E-state index in [1.165, 1.54) is 0 Å². The first-order valence-electron chi connectivity index (χ1n) is 6.18. The summed E-state index contributed by atoms with van der Waals surface area (Å²) in [5, 5.41) is 10.1. The third-order valence-corrected chi connectivity index (χ3v) is 3.55. The van der Waals surface area contributed by atoms with E-state index < -0.39 is 5.60 Å². The van der Waals surface area contributed by atoms with Crippen LogP contribution in [-0.4, -0.2) is 28.8 Å². The van der Waals surface area contributed by atoms with Crippen molar-refractivity contribution in [3.63, 3.8) is 0 Å². The van der Waals surface area contributed by atoms with Crippen LogP contribution in [0.15, 0.2) is 12.3 Å². The Hall–Kier alpha value is -1.29. The van der Waals surface area contributed by atoms with Gasteiger partial charge in [-0.1, -0.05) is 0 Å². The zero-order valence-corrected chi connectivity index (χ0v) is 10.6. The molecule has 3 N–H and O–H groups in total. The molecule has 1 aromatic heterocycles. The molecule has 1 atom stereocenters. The van der Waals surface area contributed by atoms with Crippen LogP contribution in [0.1, 0.15) is 31.7 Å². The first-order chi connectivity index (χ1) is 7.99. The highest BCUT2D eigenvalue weighted by Gasteiger charge is 2.26. The second-order valence-electron chi connectivity index (χ2n) is 5.20. The standard InChI is InChI=1S/C13H21N3O/c1-10-4-7-15-12(11(10)14)16-8-3-5-13(2,17)6-9-16/h4,7,17H,3,5-6,8-9,14H2,1-2H3. The van der Waals surface area contributed by atoms with Crippen LogP contribution < -0.4 is 10.6 Å². The highest BCUT2D eigenvalue weighted by Crippen LogP contribution is 2.28. The molecule has 0 radical (unpaired) electrons. The van der Waals surface area contributed by atoms with Gasteiger partial charge in [-0.05, 0) is 44.7 Å². The Morgan fingerprint density at radius 2 is 2.18 bits per heavy atom. The van der Waals surface area contributed by atoms with Crippen LogP contribution in [0.3, 0.4) is 0 Å². The molecule has 0 aromatic carbocycles. The van der Waals surface area contributed by atoms with Crippen molar-refractivity contribution in [1.29, 1.82) is 0 Å². The summed E-state index contributed by atoms with van der Waals surface area (Å²) in [6, 6.07) is 1.92. The summed E-state index contributed by atoms with van der Waals surface area (Å²) in [5.74, 6) is 0.864. The van der Waals surface area contributed by atoms with Crippen molar-refractivity contribution in [2.45, 2.75) is 38.7 Å². The van der Waals surface area contributed by atoms with Crippen LogP contribution in [0.5, 0.6) is 0 Å². The van der Waals surface area contributed by atoms with E-state index >= 15 is 0 Å². The number of nitrogens with zero attached hydrogens (tertiary/aromatic N) is 2. The molecule has 17 heavy (non-hydrogen) atoms. The van der Waals surface area contributed by atoms with Gasteiger partial charge in [0.25, 0.3) is 0 Å². The van der Waals surface area contributed by atoms with E-state index in [1.54, 1.807) is 6.20 Å². The van der Waals surface area contributed by atoms with Gasteiger partial charge in [-0.15, -0.1) is 0 Å². The second kappa shape index (κ2) is 4.53. The molecule has 94 valence electrons. The lowest BCUT2D eigenvalue weighted by Crippen LogP contribution is -2.29. The van der Waals surface area contributed by atoms with Crippen molar-refractivity contribution < 1.29 is 5.11 Å². The van der Waals surface area contributed by atoms with Gasteiger partial charge >= 0.3 is 0 Å². The molecule has 0 amide bonds. The lowest BCUT2D eigenvalue weighted by molar-refractivity contribution is 0.0481. The number of anilines is 2. The van der Waals surface area contributed by atoms with Crippen molar-refractivity contribution in [3.8, 4) is 0 Å². The van der Waals surface area contributed by atoms with E-state index in [-0.39, 0.29) is 0 Å². The van der Waals surface area contributed by atoms with Crippen LogP contribution in [0, 0.1) is 6.92 Å². The Labute approximate surface area is 102 Å². The number of aryl methyl sites for hydroxylation is 1. The Balaban J connectivity index is 2.20. The third-order valence-electron chi connectivity index (χ3n) is 3.55. The molecule has 4 heteroatoms. The summed E-state index contributed by atoms with van der Waals surface area (Å²) in [6.45, 7) is 5.63.